The van der Waals surface area contributed by atoms with Crippen LogP contribution >= 0.6 is 0 Å². The lowest BCUT2D eigenvalue weighted by atomic mass is 9.95. The van der Waals surface area contributed by atoms with Crippen molar-refractivity contribution in [3.8, 4) is 0 Å². The van der Waals surface area contributed by atoms with Crippen LogP contribution in [0, 0.1) is 5.82 Å². The molecule has 0 bridgehead atoms. The highest BCUT2D eigenvalue weighted by Crippen LogP contribution is 2.49. The topological polar surface area (TPSA) is 55.4 Å². The van der Waals surface area contributed by atoms with Gasteiger partial charge in [-0.15, -0.1) is 0 Å². The largest absolute Gasteiger partial charge is 0.465 e. The van der Waals surface area contributed by atoms with Crippen LogP contribution in [0.1, 0.15) is 28.8 Å². The molecule has 0 radical (unpaired) electrons. The average molecular weight is 313 g/mol. The fourth-order valence-electron chi connectivity index (χ4n) is 2.63. The van der Waals surface area contributed by atoms with E-state index in [-0.39, 0.29) is 11.7 Å². The Balaban J connectivity index is 1.79. The molecule has 1 N–H and O–H groups in total. The number of methoxy groups -OCH3 is 1. The van der Waals surface area contributed by atoms with Gasteiger partial charge in [-0.05, 0) is 48.7 Å². The van der Waals surface area contributed by atoms with Crippen molar-refractivity contribution in [2.24, 2.45) is 0 Å². The molecule has 0 spiro atoms. The van der Waals surface area contributed by atoms with Gasteiger partial charge >= 0.3 is 5.97 Å². The van der Waals surface area contributed by atoms with E-state index >= 15 is 0 Å². The average Bonchev–Trinajstić information content (AvgIpc) is 3.37. The van der Waals surface area contributed by atoms with E-state index in [1.807, 2.05) is 0 Å². The van der Waals surface area contributed by atoms with Gasteiger partial charge in [0.15, 0.2) is 0 Å². The molecular weight excluding hydrogens is 297 g/mol. The van der Waals surface area contributed by atoms with Crippen molar-refractivity contribution in [2.75, 3.05) is 12.4 Å². The van der Waals surface area contributed by atoms with Crippen LogP contribution in [0.5, 0.6) is 0 Å². The van der Waals surface area contributed by atoms with Gasteiger partial charge in [-0.2, -0.15) is 0 Å². The molecule has 5 heteroatoms. The maximum Gasteiger partial charge on any atom is 0.337 e. The molecule has 1 aliphatic carbocycles. The van der Waals surface area contributed by atoms with Crippen molar-refractivity contribution in [1.82, 2.24) is 0 Å². The Bertz CT molecular complexity index is 751. The van der Waals surface area contributed by atoms with Crippen LogP contribution in [-0.2, 0) is 14.9 Å². The molecular formula is C18H16FNO3. The van der Waals surface area contributed by atoms with Gasteiger partial charge in [-0.25, -0.2) is 9.18 Å². The van der Waals surface area contributed by atoms with Gasteiger partial charge in [0.1, 0.15) is 5.82 Å². The van der Waals surface area contributed by atoms with Crippen LogP contribution in [-0.4, -0.2) is 19.0 Å². The van der Waals surface area contributed by atoms with Crippen molar-refractivity contribution >= 4 is 17.6 Å². The third-order valence-electron chi connectivity index (χ3n) is 4.12. The van der Waals surface area contributed by atoms with Crippen molar-refractivity contribution in [3.63, 3.8) is 0 Å². The number of amides is 1. The molecule has 118 valence electrons. The molecule has 3 rings (SSSR count). The lowest BCUT2D eigenvalue weighted by Gasteiger charge is -2.16. The van der Waals surface area contributed by atoms with E-state index in [1.165, 1.54) is 19.2 Å². The highest BCUT2D eigenvalue weighted by molar-refractivity contribution is 6.02. The van der Waals surface area contributed by atoms with Crippen LogP contribution < -0.4 is 5.32 Å². The lowest BCUT2D eigenvalue weighted by molar-refractivity contribution is -0.118. The number of esters is 1. The minimum atomic E-state index is -0.602. The molecule has 1 saturated carbocycles. The zero-order valence-electron chi connectivity index (χ0n) is 12.6. The Labute approximate surface area is 133 Å². The third-order valence-corrected chi connectivity index (χ3v) is 4.12. The molecule has 0 saturated heterocycles. The summed E-state index contributed by atoms with van der Waals surface area (Å²) >= 11 is 0. The molecule has 1 aliphatic rings. The summed E-state index contributed by atoms with van der Waals surface area (Å²) in [5.41, 5.74) is 1.11. The first-order valence-corrected chi connectivity index (χ1v) is 7.31. The van der Waals surface area contributed by atoms with Gasteiger partial charge in [0.05, 0.1) is 18.1 Å². The smallest absolute Gasteiger partial charge is 0.337 e. The predicted octanol–water partition coefficient (Wildman–Crippen LogP) is 3.28. The Kier molecular flexibility index (Phi) is 3.86. The van der Waals surface area contributed by atoms with Crippen LogP contribution in [0.25, 0.3) is 0 Å². The third kappa shape index (κ3) is 2.95. The fraction of sp³-hybridized carbons (Fsp3) is 0.222. The van der Waals surface area contributed by atoms with E-state index in [4.69, 9.17) is 0 Å². The summed E-state index contributed by atoms with van der Waals surface area (Å²) in [6, 6.07) is 12.6. The van der Waals surface area contributed by atoms with Gasteiger partial charge in [0, 0.05) is 5.69 Å². The molecule has 0 unspecified atom stereocenters. The van der Waals surface area contributed by atoms with Crippen LogP contribution in [0.2, 0.25) is 0 Å². The number of hydrogen-bond donors (Lipinski definition) is 1. The fourth-order valence-corrected chi connectivity index (χ4v) is 2.63. The van der Waals surface area contributed by atoms with Crippen molar-refractivity contribution < 1.29 is 18.7 Å². The summed E-state index contributed by atoms with van der Waals surface area (Å²) in [5, 5.41) is 2.84. The summed E-state index contributed by atoms with van der Waals surface area (Å²) in [6.07, 6.45) is 1.45. The van der Waals surface area contributed by atoms with Crippen LogP contribution in [0.4, 0.5) is 10.1 Å². The van der Waals surface area contributed by atoms with Gasteiger partial charge < -0.3 is 10.1 Å². The van der Waals surface area contributed by atoms with E-state index in [2.05, 4.69) is 10.1 Å². The predicted molar refractivity (Wildman–Crippen MR) is 83.7 cm³/mol. The molecule has 2 aromatic carbocycles. The number of halogens is 1. The molecule has 0 aromatic heterocycles. The number of ether oxygens (including phenoxy) is 1. The number of rotatable bonds is 4. The van der Waals surface area contributed by atoms with Crippen LogP contribution in [0.15, 0.2) is 48.5 Å². The van der Waals surface area contributed by atoms with E-state index in [9.17, 15) is 14.0 Å². The molecule has 1 amide bonds. The van der Waals surface area contributed by atoms with E-state index in [0.717, 1.165) is 18.4 Å². The highest BCUT2D eigenvalue weighted by atomic mass is 19.1. The number of anilines is 1. The second-order valence-corrected chi connectivity index (χ2v) is 5.62. The summed E-state index contributed by atoms with van der Waals surface area (Å²) < 4.78 is 17.7. The second kappa shape index (κ2) is 5.83. The normalized spacial score (nSPS) is 14.9. The number of benzene rings is 2. The Hall–Kier alpha value is -2.69. The van der Waals surface area contributed by atoms with E-state index in [1.54, 1.807) is 36.4 Å². The Morgan fingerprint density at radius 2 is 1.83 bits per heavy atom. The highest BCUT2D eigenvalue weighted by Gasteiger charge is 2.51. The summed E-state index contributed by atoms with van der Waals surface area (Å²) in [4.78, 5) is 24.2. The number of nitrogens with one attached hydrogen (secondary N) is 1. The number of hydrogen-bond acceptors (Lipinski definition) is 3. The molecule has 4 nitrogen and oxygen atoms in total. The number of carbonyl (C=O) groups is 2. The van der Waals surface area contributed by atoms with Gasteiger partial charge in [0.2, 0.25) is 5.91 Å². The Morgan fingerprint density at radius 1 is 1.13 bits per heavy atom. The van der Waals surface area contributed by atoms with Crippen LogP contribution in [0.3, 0.4) is 0 Å². The minimum absolute atomic E-state index is 0.147. The van der Waals surface area contributed by atoms with Gasteiger partial charge in [-0.1, -0.05) is 18.2 Å². The van der Waals surface area contributed by atoms with Crippen molar-refractivity contribution in [2.45, 2.75) is 18.3 Å². The second-order valence-electron chi connectivity index (χ2n) is 5.62. The SMILES string of the molecule is COC(=O)c1cccc(NC(=O)C2(c3ccc(F)cc3)CC2)c1. The van der Waals surface area contributed by atoms with Gasteiger partial charge in [0.25, 0.3) is 0 Å². The standard InChI is InChI=1S/C18H16FNO3/c1-23-16(21)12-3-2-4-15(11-12)20-17(22)18(9-10-18)13-5-7-14(19)8-6-13/h2-8,11H,9-10H2,1H3,(H,20,22). The first-order valence-electron chi connectivity index (χ1n) is 7.31. The maximum atomic E-state index is 13.1. The number of carbonyl (C=O) groups excluding carboxylic acids is 2. The zero-order valence-corrected chi connectivity index (χ0v) is 12.6. The first-order chi connectivity index (χ1) is 11.0. The first kappa shape index (κ1) is 15.2. The van der Waals surface area contributed by atoms with Crippen molar-refractivity contribution in [1.29, 1.82) is 0 Å². The molecule has 2 aromatic rings. The Morgan fingerprint density at radius 3 is 2.43 bits per heavy atom. The molecule has 0 atom stereocenters. The van der Waals surface area contributed by atoms with E-state index in [0.29, 0.717) is 11.3 Å². The van der Waals surface area contributed by atoms with Crippen molar-refractivity contribution in [3.05, 3.63) is 65.5 Å². The van der Waals surface area contributed by atoms with Gasteiger partial charge in [-0.3, -0.25) is 4.79 Å². The molecule has 0 heterocycles. The molecule has 0 aliphatic heterocycles. The minimum Gasteiger partial charge on any atom is -0.465 e. The zero-order chi connectivity index (χ0) is 16.4. The molecule has 23 heavy (non-hydrogen) atoms. The van der Waals surface area contributed by atoms with E-state index < -0.39 is 11.4 Å². The quantitative estimate of drug-likeness (QED) is 0.881. The molecule has 1 fully saturated rings. The summed E-state index contributed by atoms with van der Waals surface area (Å²) in [6.45, 7) is 0. The lowest BCUT2D eigenvalue weighted by Crippen LogP contribution is -2.27. The maximum absolute atomic E-state index is 13.1. The monoisotopic (exact) mass is 313 g/mol. The summed E-state index contributed by atoms with van der Waals surface area (Å²) in [5.74, 6) is -0.928. The summed E-state index contributed by atoms with van der Waals surface area (Å²) in [7, 11) is 1.31.